The van der Waals surface area contributed by atoms with Crippen molar-refractivity contribution in [3.8, 4) is 11.5 Å². The highest BCUT2D eigenvalue weighted by Crippen LogP contribution is 2.24. The first-order valence-electron chi connectivity index (χ1n) is 7.86. The normalized spacial score (nSPS) is 11.0. The molecule has 0 amide bonds. The number of phenols is 1. The van der Waals surface area contributed by atoms with Crippen molar-refractivity contribution in [2.24, 2.45) is 0 Å². The van der Waals surface area contributed by atoms with Gasteiger partial charge in [0.1, 0.15) is 23.7 Å². The second-order valence-electron chi connectivity index (χ2n) is 5.58. The van der Waals surface area contributed by atoms with Gasteiger partial charge in [0, 0.05) is 0 Å². The number of esters is 1. The predicted molar refractivity (Wildman–Crippen MR) is 92.0 cm³/mol. The van der Waals surface area contributed by atoms with E-state index in [1.54, 1.807) is 13.0 Å². The van der Waals surface area contributed by atoms with Crippen LogP contribution in [-0.2, 0) is 4.74 Å². The van der Waals surface area contributed by atoms with E-state index in [9.17, 15) is 9.90 Å². The average molecular weight is 318 g/mol. The summed E-state index contributed by atoms with van der Waals surface area (Å²) in [5, 5.41) is 9.71. The number of rotatable bonds is 8. The van der Waals surface area contributed by atoms with Crippen LogP contribution in [0.25, 0.3) is 0 Å². The minimum absolute atomic E-state index is 0.107. The van der Waals surface area contributed by atoms with Gasteiger partial charge >= 0.3 is 5.97 Å². The topological polar surface area (TPSA) is 55.8 Å². The molecule has 1 aromatic carbocycles. The molecular formula is C19H26O4. The first-order chi connectivity index (χ1) is 10.9. The molecule has 0 bridgehead atoms. The number of carbonyl (C=O) groups is 1. The van der Waals surface area contributed by atoms with Crippen molar-refractivity contribution in [1.82, 2.24) is 0 Å². The van der Waals surface area contributed by atoms with Gasteiger partial charge in [0.25, 0.3) is 0 Å². The van der Waals surface area contributed by atoms with Gasteiger partial charge in [0.05, 0.1) is 6.61 Å². The molecule has 0 atom stereocenters. The summed E-state index contributed by atoms with van der Waals surface area (Å²) in [7, 11) is 0. The first kappa shape index (κ1) is 18.8. The second-order valence-corrected chi connectivity index (χ2v) is 5.58. The third kappa shape index (κ3) is 7.04. The molecule has 0 aliphatic heterocycles. The highest BCUT2D eigenvalue weighted by Gasteiger charge is 2.13. The Balaban J connectivity index is 2.59. The Morgan fingerprint density at radius 1 is 1.22 bits per heavy atom. The lowest BCUT2D eigenvalue weighted by Crippen LogP contribution is -2.05. The van der Waals surface area contributed by atoms with E-state index in [2.05, 4.69) is 26.8 Å². The van der Waals surface area contributed by atoms with E-state index < -0.39 is 5.97 Å². The van der Waals surface area contributed by atoms with E-state index in [-0.39, 0.29) is 17.9 Å². The molecule has 0 saturated heterocycles. The Bertz CT molecular complexity index is 581. The maximum absolute atomic E-state index is 11.7. The number of allylic oxidation sites excluding steroid dienone is 3. The Morgan fingerprint density at radius 3 is 2.61 bits per heavy atom. The molecule has 23 heavy (non-hydrogen) atoms. The van der Waals surface area contributed by atoms with Crippen molar-refractivity contribution in [3.63, 3.8) is 0 Å². The number of aromatic hydroxyl groups is 1. The van der Waals surface area contributed by atoms with Crippen molar-refractivity contribution in [2.75, 3.05) is 13.2 Å². The van der Waals surface area contributed by atoms with E-state index in [1.165, 1.54) is 23.3 Å². The molecule has 0 heterocycles. The molecule has 0 fully saturated rings. The maximum atomic E-state index is 11.7. The molecule has 0 saturated carbocycles. The Morgan fingerprint density at radius 2 is 1.96 bits per heavy atom. The SMILES string of the molecule is CCOC(=O)c1cc(OC/C=C(\C)CCC=C(C)C)ccc1O. The van der Waals surface area contributed by atoms with Crippen molar-refractivity contribution in [1.29, 1.82) is 0 Å². The Hall–Kier alpha value is -2.23. The third-order valence-corrected chi connectivity index (χ3v) is 3.24. The molecular weight excluding hydrogens is 292 g/mol. The van der Waals surface area contributed by atoms with Gasteiger partial charge < -0.3 is 14.6 Å². The fourth-order valence-corrected chi connectivity index (χ4v) is 1.95. The number of phenolic OH excluding ortho intramolecular Hbond substituents is 1. The number of carbonyl (C=O) groups excluding carboxylic acids is 1. The number of hydrogen-bond acceptors (Lipinski definition) is 4. The van der Waals surface area contributed by atoms with Crippen LogP contribution in [0.3, 0.4) is 0 Å². The van der Waals surface area contributed by atoms with Crippen LogP contribution in [0.2, 0.25) is 0 Å². The lowest BCUT2D eigenvalue weighted by Gasteiger charge is -2.08. The van der Waals surface area contributed by atoms with Crippen LogP contribution in [-0.4, -0.2) is 24.3 Å². The fourth-order valence-electron chi connectivity index (χ4n) is 1.95. The fraction of sp³-hybridized carbons (Fsp3) is 0.421. The van der Waals surface area contributed by atoms with Crippen LogP contribution in [0, 0.1) is 0 Å². The first-order valence-corrected chi connectivity index (χ1v) is 7.86. The van der Waals surface area contributed by atoms with Crippen LogP contribution in [0.1, 0.15) is 50.9 Å². The van der Waals surface area contributed by atoms with Gasteiger partial charge in [-0.05, 0) is 64.8 Å². The van der Waals surface area contributed by atoms with Crippen molar-refractivity contribution >= 4 is 5.97 Å². The third-order valence-electron chi connectivity index (χ3n) is 3.24. The minimum Gasteiger partial charge on any atom is -0.507 e. The molecule has 4 nitrogen and oxygen atoms in total. The molecule has 0 aliphatic rings. The molecule has 1 aromatic rings. The molecule has 1 N–H and O–H groups in total. The smallest absolute Gasteiger partial charge is 0.342 e. The monoisotopic (exact) mass is 318 g/mol. The zero-order valence-corrected chi connectivity index (χ0v) is 14.4. The van der Waals surface area contributed by atoms with Crippen LogP contribution >= 0.6 is 0 Å². The number of benzene rings is 1. The second kappa shape index (κ2) is 9.72. The van der Waals surface area contributed by atoms with Crippen LogP contribution < -0.4 is 4.74 Å². The summed E-state index contributed by atoms with van der Waals surface area (Å²) in [6, 6.07) is 4.57. The Kier molecular flexibility index (Phi) is 7.95. The summed E-state index contributed by atoms with van der Waals surface area (Å²) in [5.41, 5.74) is 2.70. The highest BCUT2D eigenvalue weighted by molar-refractivity contribution is 5.92. The highest BCUT2D eigenvalue weighted by atomic mass is 16.5. The molecule has 126 valence electrons. The van der Waals surface area contributed by atoms with Crippen LogP contribution in [0.5, 0.6) is 11.5 Å². The molecule has 0 aromatic heterocycles. The number of ether oxygens (including phenoxy) is 2. The minimum atomic E-state index is -0.552. The molecule has 0 radical (unpaired) electrons. The summed E-state index contributed by atoms with van der Waals surface area (Å²) in [6.07, 6.45) is 6.26. The van der Waals surface area contributed by atoms with Crippen LogP contribution in [0.15, 0.2) is 41.5 Å². The van der Waals surface area contributed by atoms with Gasteiger partial charge in [0.2, 0.25) is 0 Å². The summed E-state index contributed by atoms with van der Waals surface area (Å²) in [4.78, 5) is 11.7. The van der Waals surface area contributed by atoms with Crippen LogP contribution in [0.4, 0.5) is 0 Å². The zero-order chi connectivity index (χ0) is 17.2. The largest absolute Gasteiger partial charge is 0.507 e. The van der Waals surface area contributed by atoms with Crippen molar-refractivity contribution in [3.05, 3.63) is 47.1 Å². The number of hydrogen-bond donors (Lipinski definition) is 1. The van der Waals surface area contributed by atoms with E-state index in [0.717, 1.165) is 12.8 Å². The van der Waals surface area contributed by atoms with Crippen molar-refractivity contribution < 1.29 is 19.4 Å². The Labute approximate surface area is 138 Å². The molecule has 0 aliphatic carbocycles. The maximum Gasteiger partial charge on any atom is 0.342 e. The quantitative estimate of drug-likeness (QED) is 0.560. The van der Waals surface area contributed by atoms with Gasteiger partial charge in [0.15, 0.2) is 0 Å². The summed E-state index contributed by atoms with van der Waals surface area (Å²) in [5.74, 6) is -0.132. The van der Waals surface area contributed by atoms with E-state index in [0.29, 0.717) is 12.4 Å². The molecule has 0 spiro atoms. The lowest BCUT2D eigenvalue weighted by molar-refractivity contribution is 0.0522. The summed E-state index contributed by atoms with van der Waals surface area (Å²) in [6.45, 7) is 8.66. The lowest BCUT2D eigenvalue weighted by atomic mass is 10.1. The van der Waals surface area contributed by atoms with Gasteiger partial charge in [-0.2, -0.15) is 0 Å². The van der Waals surface area contributed by atoms with Gasteiger partial charge in [-0.25, -0.2) is 4.79 Å². The summed E-state index contributed by atoms with van der Waals surface area (Å²) < 4.78 is 10.5. The molecule has 0 unspecified atom stereocenters. The standard InChI is InChI=1S/C19H26O4/c1-5-22-19(21)17-13-16(9-10-18(17)20)23-12-11-15(4)8-6-7-14(2)3/h7,9-11,13,20H,5-6,8,12H2,1-4H3/b15-11+. The van der Waals surface area contributed by atoms with Gasteiger partial charge in [-0.3, -0.25) is 0 Å². The van der Waals surface area contributed by atoms with Gasteiger partial charge in [-0.1, -0.05) is 17.2 Å². The molecule has 4 heteroatoms. The summed E-state index contributed by atoms with van der Waals surface area (Å²) >= 11 is 0. The molecule has 1 rings (SSSR count). The zero-order valence-electron chi connectivity index (χ0n) is 14.4. The van der Waals surface area contributed by atoms with Crippen molar-refractivity contribution in [2.45, 2.75) is 40.5 Å². The van der Waals surface area contributed by atoms with Gasteiger partial charge in [-0.15, -0.1) is 0 Å². The van der Waals surface area contributed by atoms with E-state index >= 15 is 0 Å². The average Bonchev–Trinajstić information content (AvgIpc) is 2.48. The van der Waals surface area contributed by atoms with E-state index in [4.69, 9.17) is 9.47 Å². The van der Waals surface area contributed by atoms with E-state index in [1.807, 2.05) is 6.08 Å². The predicted octanol–water partition coefficient (Wildman–Crippen LogP) is 4.64.